The number of benzene rings is 1. The van der Waals surface area contributed by atoms with Gasteiger partial charge in [0.1, 0.15) is 0 Å². The first-order valence-electron chi connectivity index (χ1n) is 6.12. The minimum Gasteiger partial charge on any atom is -0.326 e. The zero-order chi connectivity index (χ0) is 13.9. The zero-order valence-corrected chi connectivity index (χ0v) is 13.7. The molecule has 1 atom stereocenters. The highest BCUT2D eigenvalue weighted by Gasteiger charge is 2.22. The van der Waals surface area contributed by atoms with Gasteiger partial charge in [0.05, 0.1) is 4.90 Å². The van der Waals surface area contributed by atoms with Crippen LogP contribution >= 0.6 is 27.7 Å². The number of hydrogen-bond acceptors (Lipinski definition) is 4. The summed E-state index contributed by atoms with van der Waals surface area (Å²) in [6.07, 6.45) is 2.25. The molecule has 7 heteroatoms. The SMILES string of the molecule is NCc1ccc(Br)c(S(=O)(=O)NCC2CCCS2)c1. The summed E-state index contributed by atoms with van der Waals surface area (Å²) in [5.41, 5.74) is 6.36. The number of sulfonamides is 1. The molecule has 1 aromatic rings. The third-order valence-corrected chi connectivity index (χ3v) is 6.86. The van der Waals surface area contributed by atoms with Crippen LogP contribution in [0.5, 0.6) is 0 Å². The predicted octanol–water partition coefficient (Wildman–Crippen LogP) is 2.08. The van der Waals surface area contributed by atoms with Crippen LogP contribution in [0, 0.1) is 0 Å². The minimum absolute atomic E-state index is 0.262. The van der Waals surface area contributed by atoms with Crippen molar-refractivity contribution in [2.24, 2.45) is 5.73 Å². The van der Waals surface area contributed by atoms with Crippen LogP contribution in [0.15, 0.2) is 27.6 Å². The molecule has 0 amide bonds. The maximum atomic E-state index is 12.3. The Labute approximate surface area is 126 Å². The van der Waals surface area contributed by atoms with Crippen molar-refractivity contribution in [2.75, 3.05) is 12.3 Å². The van der Waals surface area contributed by atoms with E-state index in [1.807, 2.05) is 17.8 Å². The maximum Gasteiger partial charge on any atom is 0.241 e. The molecule has 4 nitrogen and oxygen atoms in total. The molecule has 0 radical (unpaired) electrons. The van der Waals surface area contributed by atoms with Gasteiger partial charge in [0.15, 0.2) is 0 Å². The molecule has 2 rings (SSSR count). The van der Waals surface area contributed by atoms with E-state index in [0.717, 1.165) is 17.7 Å². The van der Waals surface area contributed by atoms with Crippen molar-refractivity contribution in [3.05, 3.63) is 28.2 Å². The fourth-order valence-corrected chi connectivity index (χ4v) is 5.37. The Kier molecular flexibility index (Phi) is 5.30. The highest BCUT2D eigenvalue weighted by Crippen LogP contribution is 2.27. The van der Waals surface area contributed by atoms with Crippen LogP contribution in [0.1, 0.15) is 18.4 Å². The van der Waals surface area contributed by atoms with Crippen molar-refractivity contribution in [1.82, 2.24) is 4.72 Å². The van der Waals surface area contributed by atoms with Crippen molar-refractivity contribution in [3.63, 3.8) is 0 Å². The Hall–Kier alpha value is -0.0800. The van der Waals surface area contributed by atoms with Gasteiger partial charge in [-0.25, -0.2) is 13.1 Å². The topological polar surface area (TPSA) is 72.2 Å². The summed E-state index contributed by atoms with van der Waals surface area (Å²) < 4.78 is 27.8. The highest BCUT2D eigenvalue weighted by molar-refractivity contribution is 9.10. The molecular formula is C12H17BrN2O2S2. The lowest BCUT2D eigenvalue weighted by molar-refractivity contribution is 0.578. The summed E-state index contributed by atoms with van der Waals surface area (Å²) in [6, 6.07) is 5.16. The summed E-state index contributed by atoms with van der Waals surface area (Å²) in [5.74, 6) is 1.12. The molecule has 106 valence electrons. The second-order valence-corrected chi connectivity index (χ2v) is 8.45. The van der Waals surface area contributed by atoms with E-state index in [4.69, 9.17) is 5.73 Å². The van der Waals surface area contributed by atoms with Gasteiger partial charge in [0, 0.05) is 22.8 Å². The molecule has 3 N–H and O–H groups in total. The van der Waals surface area contributed by atoms with Gasteiger partial charge in [-0.2, -0.15) is 11.8 Å². The largest absolute Gasteiger partial charge is 0.326 e. The van der Waals surface area contributed by atoms with E-state index in [-0.39, 0.29) is 4.90 Å². The van der Waals surface area contributed by atoms with Crippen LogP contribution in [0.4, 0.5) is 0 Å². The van der Waals surface area contributed by atoms with Gasteiger partial charge in [-0.15, -0.1) is 0 Å². The van der Waals surface area contributed by atoms with Gasteiger partial charge >= 0.3 is 0 Å². The molecule has 1 unspecified atom stereocenters. The lowest BCUT2D eigenvalue weighted by atomic mass is 10.2. The summed E-state index contributed by atoms with van der Waals surface area (Å²) in [7, 11) is -3.48. The van der Waals surface area contributed by atoms with E-state index in [1.165, 1.54) is 6.42 Å². The number of rotatable bonds is 5. The summed E-state index contributed by atoms with van der Waals surface area (Å²) in [6.45, 7) is 0.820. The van der Waals surface area contributed by atoms with Crippen molar-refractivity contribution in [1.29, 1.82) is 0 Å². The molecule has 0 bridgehead atoms. The first-order valence-corrected chi connectivity index (χ1v) is 9.45. The van der Waals surface area contributed by atoms with Crippen LogP contribution < -0.4 is 10.5 Å². The van der Waals surface area contributed by atoms with E-state index >= 15 is 0 Å². The number of hydrogen-bond donors (Lipinski definition) is 2. The van der Waals surface area contributed by atoms with Gasteiger partial charge in [0.2, 0.25) is 10.0 Å². The Morgan fingerprint density at radius 1 is 1.47 bits per heavy atom. The molecule has 1 aromatic carbocycles. The smallest absolute Gasteiger partial charge is 0.241 e. The number of thioether (sulfide) groups is 1. The van der Waals surface area contributed by atoms with E-state index in [1.54, 1.807) is 12.1 Å². The Balaban J connectivity index is 2.13. The van der Waals surface area contributed by atoms with Crippen LogP contribution in [0.3, 0.4) is 0 Å². The van der Waals surface area contributed by atoms with Crippen molar-refractivity contribution < 1.29 is 8.42 Å². The van der Waals surface area contributed by atoms with E-state index in [2.05, 4.69) is 20.7 Å². The van der Waals surface area contributed by atoms with Gasteiger partial charge in [0.25, 0.3) is 0 Å². The van der Waals surface area contributed by atoms with E-state index in [9.17, 15) is 8.42 Å². The number of halogens is 1. The van der Waals surface area contributed by atoms with Crippen LogP contribution in [0.25, 0.3) is 0 Å². The molecule has 0 spiro atoms. The molecule has 0 saturated carbocycles. The standard InChI is InChI=1S/C12H17BrN2O2S2/c13-11-4-3-9(7-14)6-12(11)19(16,17)15-8-10-2-1-5-18-10/h3-4,6,10,15H,1-2,5,7-8,14H2. The van der Waals surface area contributed by atoms with Crippen molar-refractivity contribution >= 4 is 37.7 Å². The maximum absolute atomic E-state index is 12.3. The van der Waals surface area contributed by atoms with Gasteiger partial charge < -0.3 is 5.73 Å². The quantitative estimate of drug-likeness (QED) is 0.838. The summed E-state index contributed by atoms with van der Waals surface area (Å²) in [5, 5.41) is 0.395. The monoisotopic (exact) mass is 364 g/mol. The lowest BCUT2D eigenvalue weighted by Crippen LogP contribution is -2.30. The van der Waals surface area contributed by atoms with Gasteiger partial charge in [-0.3, -0.25) is 0 Å². The highest BCUT2D eigenvalue weighted by atomic mass is 79.9. The third kappa shape index (κ3) is 3.95. The Morgan fingerprint density at radius 2 is 2.26 bits per heavy atom. The van der Waals surface area contributed by atoms with E-state index < -0.39 is 10.0 Å². The average Bonchev–Trinajstić information content (AvgIpc) is 2.90. The zero-order valence-electron chi connectivity index (χ0n) is 10.4. The minimum atomic E-state index is -3.48. The number of nitrogens with one attached hydrogen (secondary N) is 1. The molecule has 19 heavy (non-hydrogen) atoms. The van der Waals surface area contributed by atoms with Gasteiger partial charge in [-0.05, 0) is 52.2 Å². The molecule has 0 aromatic heterocycles. The van der Waals surface area contributed by atoms with Gasteiger partial charge in [-0.1, -0.05) is 6.07 Å². The Bertz CT molecular complexity index is 543. The fourth-order valence-electron chi connectivity index (χ4n) is 1.97. The molecule has 1 aliphatic heterocycles. The molecule has 1 fully saturated rings. The third-order valence-electron chi connectivity index (χ3n) is 3.05. The lowest BCUT2D eigenvalue weighted by Gasteiger charge is -2.12. The number of nitrogens with two attached hydrogens (primary N) is 1. The normalized spacial score (nSPS) is 19.8. The van der Waals surface area contributed by atoms with Crippen molar-refractivity contribution in [2.45, 2.75) is 29.5 Å². The second kappa shape index (κ2) is 6.58. The van der Waals surface area contributed by atoms with Crippen LogP contribution in [-0.2, 0) is 16.6 Å². The Morgan fingerprint density at radius 3 is 2.89 bits per heavy atom. The van der Waals surface area contributed by atoms with Crippen LogP contribution in [0.2, 0.25) is 0 Å². The molecule has 1 heterocycles. The molecular weight excluding hydrogens is 348 g/mol. The second-order valence-electron chi connectivity index (χ2n) is 4.46. The molecule has 0 aliphatic carbocycles. The van der Waals surface area contributed by atoms with E-state index in [0.29, 0.717) is 22.8 Å². The van der Waals surface area contributed by atoms with Crippen LogP contribution in [-0.4, -0.2) is 26.0 Å². The summed E-state index contributed by atoms with van der Waals surface area (Å²) >= 11 is 5.12. The molecule has 1 aliphatic rings. The fraction of sp³-hybridized carbons (Fsp3) is 0.500. The molecule has 1 saturated heterocycles. The predicted molar refractivity (Wildman–Crippen MR) is 82.7 cm³/mol. The average molecular weight is 365 g/mol. The first-order chi connectivity index (χ1) is 9.03. The summed E-state index contributed by atoms with van der Waals surface area (Å²) in [4.78, 5) is 0.262. The first kappa shape index (κ1) is 15.3. The van der Waals surface area contributed by atoms with Crippen molar-refractivity contribution in [3.8, 4) is 0 Å².